The average molecular weight is 426 g/mol. The summed E-state index contributed by atoms with van der Waals surface area (Å²) in [7, 11) is 0. The fourth-order valence-corrected chi connectivity index (χ4v) is 3.98. The number of benzene rings is 1. The number of aromatic amines is 1. The number of nitrogens with zero attached hydrogens (tertiary/aromatic N) is 3. The fourth-order valence-electron chi connectivity index (χ4n) is 3.53. The van der Waals surface area contributed by atoms with E-state index in [1.807, 2.05) is 12.1 Å². The van der Waals surface area contributed by atoms with Crippen molar-refractivity contribution >= 4 is 41.1 Å². The quantitative estimate of drug-likeness (QED) is 0.520. The van der Waals surface area contributed by atoms with Gasteiger partial charge in [0.1, 0.15) is 11.6 Å². The highest BCUT2D eigenvalue weighted by Crippen LogP contribution is 2.31. The number of hydrogen-bond acceptors (Lipinski definition) is 5. The van der Waals surface area contributed by atoms with Gasteiger partial charge in [-0.1, -0.05) is 44.5 Å². The number of nitrogens with one attached hydrogen (secondary N) is 2. The van der Waals surface area contributed by atoms with Crippen LogP contribution in [0.25, 0.3) is 0 Å². The minimum atomic E-state index is 0.119. The minimum absolute atomic E-state index is 0.119. The van der Waals surface area contributed by atoms with Crippen LogP contribution >= 0.6 is 23.8 Å². The molecule has 150 valence electrons. The maximum atomic E-state index is 6.37. The summed E-state index contributed by atoms with van der Waals surface area (Å²) in [6.45, 7) is 8.11. The molecule has 0 saturated heterocycles. The normalized spacial score (nSPS) is 13.9. The Morgan fingerprint density at radius 3 is 2.62 bits per heavy atom. The lowest BCUT2D eigenvalue weighted by molar-refractivity contribution is 0.590. The molecule has 5 nitrogen and oxygen atoms in total. The average Bonchev–Trinajstić information content (AvgIpc) is 2.68. The van der Waals surface area contributed by atoms with Crippen molar-refractivity contribution < 1.29 is 0 Å². The zero-order valence-corrected chi connectivity index (χ0v) is 18.4. The highest BCUT2D eigenvalue weighted by Gasteiger charge is 2.23. The van der Waals surface area contributed by atoms with Gasteiger partial charge in [-0.05, 0) is 47.5 Å². The van der Waals surface area contributed by atoms with Gasteiger partial charge in [-0.2, -0.15) is 0 Å². The number of aromatic nitrogens is 3. The summed E-state index contributed by atoms with van der Waals surface area (Å²) in [6, 6.07) is 12.2. The van der Waals surface area contributed by atoms with Gasteiger partial charge in [0.15, 0.2) is 4.77 Å². The lowest BCUT2D eigenvalue weighted by Crippen LogP contribution is -2.32. The third-order valence-corrected chi connectivity index (χ3v) is 5.64. The maximum Gasteiger partial charge on any atom is 0.198 e. The van der Waals surface area contributed by atoms with Crippen molar-refractivity contribution in [3.63, 3.8) is 0 Å². The Balaban J connectivity index is 1.65. The number of pyridine rings is 1. The lowest BCUT2D eigenvalue weighted by Gasteiger charge is -2.31. The van der Waals surface area contributed by atoms with Gasteiger partial charge < -0.3 is 15.2 Å². The molecule has 0 saturated carbocycles. The summed E-state index contributed by atoms with van der Waals surface area (Å²) in [5, 5.41) is 4.11. The molecule has 0 fully saturated rings. The molecule has 0 radical (unpaired) electrons. The van der Waals surface area contributed by atoms with E-state index in [4.69, 9.17) is 23.8 Å². The number of anilines is 3. The molecular formula is C22H24ClN5S. The van der Waals surface area contributed by atoms with Crippen LogP contribution in [-0.4, -0.2) is 21.5 Å². The summed E-state index contributed by atoms with van der Waals surface area (Å²) in [6.07, 6.45) is 2.59. The summed E-state index contributed by atoms with van der Waals surface area (Å²) in [5.74, 6) is 1.58. The zero-order chi connectivity index (χ0) is 20.6. The van der Waals surface area contributed by atoms with Gasteiger partial charge >= 0.3 is 0 Å². The highest BCUT2D eigenvalue weighted by atomic mass is 35.5. The van der Waals surface area contributed by atoms with Crippen LogP contribution in [0.15, 0.2) is 42.6 Å². The molecule has 0 unspecified atom stereocenters. The fraction of sp³-hybridized carbons (Fsp3) is 0.318. The first-order valence-corrected chi connectivity index (χ1v) is 10.4. The van der Waals surface area contributed by atoms with Crippen LogP contribution in [0.2, 0.25) is 5.02 Å². The lowest BCUT2D eigenvalue weighted by atomic mass is 9.87. The molecule has 7 heteroatoms. The second-order valence-electron chi connectivity index (χ2n) is 8.28. The SMILES string of the molecule is CC(C)(C)c1ccc(Nc2nc(=S)[nH]c3c2CN(c2ncccc2Cl)CC3)cc1. The number of hydrogen-bond donors (Lipinski definition) is 2. The van der Waals surface area contributed by atoms with Gasteiger partial charge in [0.2, 0.25) is 0 Å². The number of fused-ring (bicyclic) bond motifs is 1. The van der Waals surface area contributed by atoms with Gasteiger partial charge in [-0.3, -0.25) is 0 Å². The monoisotopic (exact) mass is 425 g/mol. The smallest absolute Gasteiger partial charge is 0.198 e. The summed E-state index contributed by atoms with van der Waals surface area (Å²) < 4.78 is 0.488. The van der Waals surface area contributed by atoms with Crippen molar-refractivity contribution in [2.45, 2.75) is 39.2 Å². The van der Waals surface area contributed by atoms with Gasteiger partial charge in [-0.25, -0.2) is 9.97 Å². The van der Waals surface area contributed by atoms with E-state index < -0.39 is 0 Å². The largest absolute Gasteiger partial charge is 0.350 e. The first kappa shape index (κ1) is 19.9. The molecule has 0 aliphatic carbocycles. The van der Waals surface area contributed by atoms with Crippen LogP contribution in [0.5, 0.6) is 0 Å². The molecule has 3 aromatic rings. The van der Waals surface area contributed by atoms with Gasteiger partial charge in [0.25, 0.3) is 0 Å². The Bertz CT molecular complexity index is 1090. The van der Waals surface area contributed by atoms with E-state index in [1.165, 1.54) is 5.56 Å². The van der Waals surface area contributed by atoms with Crippen molar-refractivity contribution in [1.82, 2.24) is 15.0 Å². The van der Waals surface area contributed by atoms with Gasteiger partial charge in [0.05, 0.1) is 5.02 Å². The third kappa shape index (κ3) is 4.28. The zero-order valence-electron chi connectivity index (χ0n) is 16.8. The molecule has 0 atom stereocenters. The molecule has 1 aliphatic heterocycles. The molecule has 0 bridgehead atoms. The van der Waals surface area contributed by atoms with Crippen LogP contribution in [-0.2, 0) is 18.4 Å². The molecule has 29 heavy (non-hydrogen) atoms. The first-order chi connectivity index (χ1) is 13.8. The van der Waals surface area contributed by atoms with Crippen molar-refractivity contribution in [2.24, 2.45) is 0 Å². The Hall–Kier alpha value is -2.44. The standard InChI is InChI=1S/C22H24ClN5S/c1-22(2,3)14-6-8-15(9-7-14)25-19-16-13-28(20-17(23)5-4-11-24-20)12-10-18(16)26-21(29)27-19/h4-9,11H,10,12-13H2,1-3H3,(H2,25,26,27,29). The molecule has 1 aromatic carbocycles. The van der Waals surface area contributed by atoms with E-state index >= 15 is 0 Å². The minimum Gasteiger partial charge on any atom is -0.350 e. The summed E-state index contributed by atoms with van der Waals surface area (Å²) in [5.41, 5.74) is 4.60. The first-order valence-electron chi connectivity index (χ1n) is 9.66. The van der Waals surface area contributed by atoms with E-state index in [0.717, 1.165) is 41.5 Å². The maximum absolute atomic E-state index is 6.37. The Morgan fingerprint density at radius 1 is 1.17 bits per heavy atom. The van der Waals surface area contributed by atoms with Crippen LogP contribution in [0.4, 0.5) is 17.3 Å². The van der Waals surface area contributed by atoms with E-state index in [0.29, 0.717) is 16.3 Å². The highest BCUT2D eigenvalue weighted by molar-refractivity contribution is 7.71. The Morgan fingerprint density at radius 2 is 1.93 bits per heavy atom. The number of rotatable bonds is 3. The van der Waals surface area contributed by atoms with Gasteiger partial charge in [0, 0.05) is 42.7 Å². The molecule has 3 heterocycles. The van der Waals surface area contributed by atoms with E-state index in [1.54, 1.807) is 6.20 Å². The van der Waals surface area contributed by atoms with E-state index in [2.05, 4.69) is 70.2 Å². The van der Waals surface area contributed by atoms with Crippen LogP contribution in [0.1, 0.15) is 37.6 Å². The Kier molecular flexibility index (Phi) is 5.32. The molecule has 1 aliphatic rings. The molecule has 2 aromatic heterocycles. The van der Waals surface area contributed by atoms with E-state index in [-0.39, 0.29) is 5.41 Å². The van der Waals surface area contributed by atoms with Crippen molar-refractivity contribution in [3.8, 4) is 0 Å². The topological polar surface area (TPSA) is 56.8 Å². The number of halogens is 1. The molecule has 2 N–H and O–H groups in total. The van der Waals surface area contributed by atoms with Crippen molar-refractivity contribution in [2.75, 3.05) is 16.8 Å². The third-order valence-electron chi connectivity index (χ3n) is 5.15. The molecule has 4 rings (SSSR count). The predicted molar refractivity (Wildman–Crippen MR) is 122 cm³/mol. The van der Waals surface area contributed by atoms with Crippen molar-refractivity contribution in [1.29, 1.82) is 0 Å². The molecular weight excluding hydrogens is 402 g/mol. The number of H-pyrrole nitrogens is 1. The summed E-state index contributed by atoms with van der Waals surface area (Å²) in [4.78, 5) is 14.5. The second-order valence-corrected chi connectivity index (χ2v) is 9.07. The predicted octanol–water partition coefficient (Wildman–Crippen LogP) is 5.79. The van der Waals surface area contributed by atoms with E-state index in [9.17, 15) is 0 Å². The van der Waals surface area contributed by atoms with Crippen LogP contribution < -0.4 is 10.2 Å². The second kappa shape index (κ2) is 7.76. The van der Waals surface area contributed by atoms with Crippen LogP contribution in [0, 0.1) is 4.77 Å². The Labute approximate surface area is 181 Å². The van der Waals surface area contributed by atoms with Crippen molar-refractivity contribution in [3.05, 3.63) is 69.2 Å². The molecule has 0 spiro atoms. The van der Waals surface area contributed by atoms with Gasteiger partial charge in [-0.15, -0.1) is 0 Å². The summed E-state index contributed by atoms with van der Waals surface area (Å²) >= 11 is 11.7. The van der Waals surface area contributed by atoms with Crippen LogP contribution in [0.3, 0.4) is 0 Å². The molecule has 0 amide bonds.